The van der Waals surface area contributed by atoms with Gasteiger partial charge in [-0.15, -0.1) is 0 Å². The number of aromatic nitrogens is 1. The topological polar surface area (TPSA) is 91.5 Å². The molecule has 0 aliphatic carbocycles. The van der Waals surface area contributed by atoms with Crippen molar-refractivity contribution < 1.29 is 26.7 Å². The number of methoxy groups -OCH3 is 2. The van der Waals surface area contributed by atoms with E-state index in [0.717, 1.165) is 20.3 Å². The van der Waals surface area contributed by atoms with Crippen LogP contribution in [0.5, 0.6) is 11.6 Å². The Morgan fingerprint density at radius 2 is 1.94 bits per heavy atom. The fourth-order valence-electron chi connectivity index (χ4n) is 1.15. The minimum Gasteiger partial charge on any atom is -0.494 e. The Hall–Kier alpha value is -1.48. The Balaban J connectivity index is 3.55. The zero-order valence-electron chi connectivity index (χ0n) is 8.98. The summed E-state index contributed by atoms with van der Waals surface area (Å²) in [6.45, 7) is 0. The lowest BCUT2D eigenvalue weighted by Crippen LogP contribution is -2.16. The van der Waals surface area contributed by atoms with Crippen molar-refractivity contribution in [3.05, 3.63) is 11.6 Å². The van der Waals surface area contributed by atoms with Crippen LogP contribution in [0, 0.1) is 0 Å². The van der Waals surface area contributed by atoms with Crippen LogP contribution in [0.2, 0.25) is 0 Å². The molecule has 0 spiro atoms. The van der Waals surface area contributed by atoms with E-state index in [1.54, 1.807) is 0 Å². The van der Waals surface area contributed by atoms with Gasteiger partial charge in [-0.05, 0) is 6.07 Å². The van der Waals surface area contributed by atoms with E-state index >= 15 is 0 Å². The lowest BCUT2D eigenvalue weighted by Gasteiger charge is -2.11. The quantitative estimate of drug-likeness (QED) is 0.867. The highest BCUT2D eigenvalue weighted by molar-refractivity contribution is 7.89. The van der Waals surface area contributed by atoms with Crippen molar-refractivity contribution in [2.24, 2.45) is 5.14 Å². The minimum atomic E-state index is -4.18. The van der Waals surface area contributed by atoms with Gasteiger partial charge >= 0.3 is 0 Å². The summed E-state index contributed by atoms with van der Waals surface area (Å²) in [5, 5.41) is 4.22. The molecule has 96 valence electrons. The molecule has 9 heteroatoms. The Bertz CT molecular complexity index is 519. The first kappa shape index (κ1) is 13.6. The van der Waals surface area contributed by atoms with Crippen LogP contribution in [-0.2, 0) is 10.0 Å². The second-order valence-corrected chi connectivity index (χ2v) is 4.42. The molecule has 6 nitrogen and oxygen atoms in total. The van der Waals surface area contributed by atoms with Crippen molar-refractivity contribution in [3.63, 3.8) is 0 Å². The number of nitrogens with zero attached hydrogens (tertiary/aromatic N) is 1. The number of hydrogen-bond donors (Lipinski definition) is 1. The van der Waals surface area contributed by atoms with Gasteiger partial charge in [0.05, 0.1) is 19.8 Å². The molecule has 0 fully saturated rings. The van der Waals surface area contributed by atoms with Crippen molar-refractivity contribution in [2.75, 3.05) is 14.2 Å². The maximum Gasteiger partial charge on any atom is 0.269 e. The van der Waals surface area contributed by atoms with Crippen molar-refractivity contribution in [1.82, 2.24) is 4.98 Å². The number of halogens is 2. The van der Waals surface area contributed by atoms with Crippen LogP contribution in [0.3, 0.4) is 0 Å². The first-order chi connectivity index (χ1) is 7.81. The maximum atomic E-state index is 12.6. The largest absolute Gasteiger partial charge is 0.494 e. The summed E-state index contributed by atoms with van der Waals surface area (Å²) in [5.74, 6) is -0.867. The minimum absolute atomic E-state index is 0.358. The molecule has 0 saturated heterocycles. The highest BCUT2D eigenvalue weighted by Gasteiger charge is 2.24. The van der Waals surface area contributed by atoms with Gasteiger partial charge in [0.2, 0.25) is 10.9 Å². The van der Waals surface area contributed by atoms with Gasteiger partial charge in [0.25, 0.3) is 16.4 Å². The van der Waals surface area contributed by atoms with Gasteiger partial charge in [0, 0.05) is 0 Å². The third-order valence-corrected chi connectivity index (χ3v) is 2.70. The van der Waals surface area contributed by atoms with Crippen molar-refractivity contribution in [1.29, 1.82) is 0 Å². The molecule has 0 aliphatic rings. The summed E-state index contributed by atoms with van der Waals surface area (Å²) >= 11 is 0. The number of pyridine rings is 1. The molecule has 0 radical (unpaired) electrons. The standard InChI is InChI=1S/C8H10F2N2O4S/c1-15-5-3-4(6(9)10)7(16-2)12-8(5)17(11,13)14/h3,6H,1-2H3,(H2,11,13,14). The number of rotatable bonds is 4. The Kier molecular flexibility index (Phi) is 3.83. The van der Waals surface area contributed by atoms with E-state index in [1.807, 2.05) is 0 Å². The zero-order valence-corrected chi connectivity index (χ0v) is 9.79. The number of alkyl halides is 2. The van der Waals surface area contributed by atoms with E-state index in [4.69, 9.17) is 5.14 Å². The molecule has 1 aromatic heterocycles. The molecule has 0 aromatic carbocycles. The van der Waals surface area contributed by atoms with Crippen LogP contribution >= 0.6 is 0 Å². The number of hydrogen-bond acceptors (Lipinski definition) is 5. The predicted molar refractivity (Wildman–Crippen MR) is 53.7 cm³/mol. The van der Waals surface area contributed by atoms with E-state index in [1.165, 1.54) is 0 Å². The SMILES string of the molecule is COc1cc(C(F)F)c(OC)nc1S(N)(=O)=O. The smallest absolute Gasteiger partial charge is 0.269 e. The van der Waals surface area contributed by atoms with Gasteiger partial charge < -0.3 is 9.47 Å². The van der Waals surface area contributed by atoms with Crippen LogP contribution in [0.15, 0.2) is 11.1 Å². The first-order valence-corrected chi connectivity index (χ1v) is 5.79. The molecule has 0 unspecified atom stereocenters. The molecule has 0 amide bonds. The monoisotopic (exact) mass is 268 g/mol. The van der Waals surface area contributed by atoms with Crippen LogP contribution in [-0.4, -0.2) is 27.6 Å². The molecular weight excluding hydrogens is 258 g/mol. The van der Waals surface area contributed by atoms with Gasteiger partial charge in [0.1, 0.15) is 0 Å². The lowest BCUT2D eigenvalue weighted by atomic mass is 10.2. The predicted octanol–water partition coefficient (Wildman–Crippen LogP) is 0.684. The second-order valence-electron chi connectivity index (χ2n) is 2.94. The van der Waals surface area contributed by atoms with E-state index in [2.05, 4.69) is 14.5 Å². The van der Waals surface area contributed by atoms with E-state index in [9.17, 15) is 17.2 Å². The first-order valence-electron chi connectivity index (χ1n) is 4.25. The highest BCUT2D eigenvalue weighted by Crippen LogP contribution is 2.33. The average molecular weight is 268 g/mol. The average Bonchev–Trinajstić information content (AvgIpc) is 2.25. The zero-order chi connectivity index (χ0) is 13.2. The number of primary sulfonamides is 1. The van der Waals surface area contributed by atoms with E-state index in [0.29, 0.717) is 0 Å². The summed E-state index contributed by atoms with van der Waals surface area (Å²) in [6, 6.07) is 0.830. The third-order valence-electron chi connectivity index (χ3n) is 1.87. The van der Waals surface area contributed by atoms with Gasteiger partial charge in [-0.1, -0.05) is 0 Å². The van der Waals surface area contributed by atoms with Crippen LogP contribution in [0.25, 0.3) is 0 Å². The Morgan fingerprint density at radius 1 is 1.35 bits per heavy atom. The summed E-state index contributed by atoms with van der Waals surface area (Å²) < 4.78 is 56.7. The van der Waals surface area contributed by atoms with Crippen LogP contribution in [0.1, 0.15) is 12.0 Å². The third kappa shape index (κ3) is 2.80. The summed E-state index contributed by atoms with van der Waals surface area (Å²) in [7, 11) is -1.97. The van der Waals surface area contributed by atoms with Gasteiger partial charge in [-0.2, -0.15) is 4.98 Å². The van der Waals surface area contributed by atoms with Crippen molar-refractivity contribution in [2.45, 2.75) is 11.5 Å². The second kappa shape index (κ2) is 4.80. The van der Waals surface area contributed by atoms with Crippen molar-refractivity contribution >= 4 is 10.0 Å². The summed E-state index contributed by atoms with van der Waals surface area (Å²) in [6.07, 6.45) is -2.87. The van der Waals surface area contributed by atoms with E-state index in [-0.39, 0.29) is 5.75 Å². The molecule has 0 atom stereocenters. The van der Waals surface area contributed by atoms with Gasteiger partial charge in [-0.25, -0.2) is 22.3 Å². The molecule has 1 heterocycles. The molecule has 17 heavy (non-hydrogen) atoms. The molecule has 0 saturated carbocycles. The number of nitrogens with two attached hydrogens (primary N) is 1. The summed E-state index contributed by atoms with van der Waals surface area (Å²) in [4.78, 5) is 3.41. The normalized spacial score (nSPS) is 11.6. The number of ether oxygens (including phenoxy) is 2. The van der Waals surface area contributed by atoms with Crippen LogP contribution in [0.4, 0.5) is 8.78 Å². The molecule has 1 aromatic rings. The lowest BCUT2D eigenvalue weighted by molar-refractivity contribution is 0.145. The maximum absolute atomic E-state index is 12.6. The Morgan fingerprint density at radius 3 is 2.29 bits per heavy atom. The van der Waals surface area contributed by atoms with Gasteiger partial charge in [0.15, 0.2) is 5.75 Å². The van der Waals surface area contributed by atoms with Crippen LogP contribution < -0.4 is 14.6 Å². The Labute approximate surface area is 96.4 Å². The molecule has 0 bridgehead atoms. The highest BCUT2D eigenvalue weighted by atomic mass is 32.2. The van der Waals surface area contributed by atoms with Gasteiger partial charge in [-0.3, -0.25) is 0 Å². The fourth-order valence-corrected chi connectivity index (χ4v) is 1.78. The molecule has 0 aliphatic heterocycles. The molecule has 1 rings (SSSR count). The molecular formula is C8H10F2N2O4S. The summed E-state index contributed by atoms with van der Waals surface area (Å²) in [5.41, 5.74) is -0.572. The van der Waals surface area contributed by atoms with E-state index < -0.39 is 32.9 Å². The molecule has 2 N–H and O–H groups in total. The number of sulfonamides is 1. The fraction of sp³-hybridized carbons (Fsp3) is 0.375. The van der Waals surface area contributed by atoms with Crippen molar-refractivity contribution in [3.8, 4) is 11.6 Å².